The van der Waals surface area contributed by atoms with E-state index in [0.717, 1.165) is 11.6 Å². The summed E-state index contributed by atoms with van der Waals surface area (Å²) in [7, 11) is 0. The molecule has 0 spiro atoms. The molecule has 1 atom stereocenters. The summed E-state index contributed by atoms with van der Waals surface area (Å²) in [6, 6.07) is 10.2. The van der Waals surface area contributed by atoms with Crippen LogP contribution < -0.4 is 10.6 Å². The van der Waals surface area contributed by atoms with Crippen molar-refractivity contribution in [1.29, 1.82) is 0 Å². The number of hydrogen-bond donors (Lipinski definition) is 2. The lowest BCUT2D eigenvalue weighted by Crippen LogP contribution is -2.47. The van der Waals surface area contributed by atoms with E-state index < -0.39 is 16.9 Å². The molecule has 2 amide bonds. The quantitative estimate of drug-likeness (QED) is 0.576. The van der Waals surface area contributed by atoms with E-state index in [0.29, 0.717) is 5.69 Å². The standard InChI is InChI=1S/C19H20ClN3O4/c1-11(2)17(19(25)21-14-7-4-12(3)5-8-14)22-18(24)13-6-9-15(20)16(10-13)23(26)27/h4-11,17H,1-3H3,(H,21,25)(H,22,24)/t17-/m0/s1. The zero-order valence-corrected chi connectivity index (χ0v) is 15.9. The third-order valence-corrected chi connectivity index (χ3v) is 4.28. The molecule has 2 N–H and O–H groups in total. The zero-order valence-electron chi connectivity index (χ0n) is 15.2. The lowest BCUT2D eigenvalue weighted by molar-refractivity contribution is -0.384. The monoisotopic (exact) mass is 389 g/mol. The Labute approximate surface area is 161 Å². The average molecular weight is 390 g/mol. The van der Waals surface area contributed by atoms with E-state index in [4.69, 9.17) is 11.6 Å². The number of rotatable bonds is 6. The van der Waals surface area contributed by atoms with Crippen molar-refractivity contribution >= 4 is 34.8 Å². The Morgan fingerprint density at radius 2 is 1.74 bits per heavy atom. The second kappa shape index (κ2) is 8.64. The first kappa shape index (κ1) is 20.4. The van der Waals surface area contributed by atoms with Crippen LogP contribution in [0.2, 0.25) is 5.02 Å². The first-order valence-corrected chi connectivity index (χ1v) is 8.69. The van der Waals surface area contributed by atoms with Crippen LogP contribution in [0.3, 0.4) is 0 Å². The van der Waals surface area contributed by atoms with Crippen LogP contribution in [-0.2, 0) is 4.79 Å². The number of hydrogen-bond acceptors (Lipinski definition) is 4. The number of anilines is 1. The number of nitrogens with zero attached hydrogens (tertiary/aromatic N) is 1. The molecular formula is C19H20ClN3O4. The van der Waals surface area contributed by atoms with Gasteiger partial charge in [-0.15, -0.1) is 0 Å². The van der Waals surface area contributed by atoms with E-state index in [2.05, 4.69) is 10.6 Å². The molecule has 0 fully saturated rings. The fourth-order valence-corrected chi connectivity index (χ4v) is 2.60. The van der Waals surface area contributed by atoms with Gasteiger partial charge in [0.1, 0.15) is 11.1 Å². The topological polar surface area (TPSA) is 101 Å². The molecule has 0 heterocycles. The Hall–Kier alpha value is -2.93. The lowest BCUT2D eigenvalue weighted by Gasteiger charge is -2.22. The Kier molecular flexibility index (Phi) is 6.52. The van der Waals surface area contributed by atoms with E-state index in [1.165, 1.54) is 12.1 Å². The highest BCUT2D eigenvalue weighted by Crippen LogP contribution is 2.25. The summed E-state index contributed by atoms with van der Waals surface area (Å²) < 4.78 is 0. The molecular weight excluding hydrogens is 370 g/mol. The van der Waals surface area contributed by atoms with Gasteiger partial charge in [-0.25, -0.2) is 0 Å². The number of benzene rings is 2. The molecule has 0 aliphatic carbocycles. The van der Waals surface area contributed by atoms with Gasteiger partial charge in [0.25, 0.3) is 11.6 Å². The third-order valence-electron chi connectivity index (χ3n) is 3.96. The lowest BCUT2D eigenvalue weighted by atomic mass is 10.0. The molecule has 0 saturated heterocycles. The van der Waals surface area contributed by atoms with Crippen LogP contribution in [0.5, 0.6) is 0 Å². The van der Waals surface area contributed by atoms with Gasteiger partial charge in [-0.2, -0.15) is 0 Å². The van der Waals surface area contributed by atoms with E-state index >= 15 is 0 Å². The maximum absolute atomic E-state index is 12.6. The molecule has 2 aromatic rings. The van der Waals surface area contributed by atoms with Gasteiger partial charge in [-0.1, -0.05) is 43.1 Å². The molecule has 0 radical (unpaired) electrons. The number of amides is 2. The van der Waals surface area contributed by atoms with Crippen LogP contribution in [0.4, 0.5) is 11.4 Å². The van der Waals surface area contributed by atoms with Crippen molar-refractivity contribution in [3.63, 3.8) is 0 Å². The largest absolute Gasteiger partial charge is 0.340 e. The number of halogens is 1. The summed E-state index contributed by atoms with van der Waals surface area (Å²) in [5, 5.41) is 16.3. The average Bonchev–Trinajstić information content (AvgIpc) is 2.61. The van der Waals surface area contributed by atoms with E-state index in [-0.39, 0.29) is 28.1 Å². The van der Waals surface area contributed by atoms with Crippen LogP contribution in [0, 0.1) is 23.0 Å². The van der Waals surface area contributed by atoms with Gasteiger partial charge in [-0.3, -0.25) is 19.7 Å². The Morgan fingerprint density at radius 1 is 1.11 bits per heavy atom. The fraction of sp³-hybridized carbons (Fsp3) is 0.263. The van der Waals surface area contributed by atoms with Gasteiger partial charge >= 0.3 is 0 Å². The number of nitro benzene ring substituents is 1. The van der Waals surface area contributed by atoms with Crippen molar-refractivity contribution in [3.05, 3.63) is 68.7 Å². The van der Waals surface area contributed by atoms with Crippen LogP contribution in [-0.4, -0.2) is 22.8 Å². The minimum absolute atomic E-state index is 0.0554. The molecule has 0 unspecified atom stereocenters. The highest BCUT2D eigenvalue weighted by atomic mass is 35.5. The van der Waals surface area contributed by atoms with Crippen LogP contribution in [0.25, 0.3) is 0 Å². The maximum atomic E-state index is 12.6. The van der Waals surface area contributed by atoms with E-state index in [9.17, 15) is 19.7 Å². The normalized spacial score (nSPS) is 11.7. The second-order valence-electron chi connectivity index (χ2n) is 6.47. The van der Waals surface area contributed by atoms with Crippen molar-refractivity contribution in [2.75, 3.05) is 5.32 Å². The Morgan fingerprint density at radius 3 is 2.30 bits per heavy atom. The maximum Gasteiger partial charge on any atom is 0.288 e. The van der Waals surface area contributed by atoms with Gasteiger partial charge in [-0.05, 0) is 37.1 Å². The van der Waals surface area contributed by atoms with Gasteiger partial charge in [0.05, 0.1) is 4.92 Å². The molecule has 0 saturated carbocycles. The number of carbonyl (C=O) groups excluding carboxylic acids is 2. The van der Waals surface area contributed by atoms with Crippen LogP contribution >= 0.6 is 11.6 Å². The smallest absolute Gasteiger partial charge is 0.288 e. The van der Waals surface area contributed by atoms with E-state index in [1.54, 1.807) is 26.0 Å². The van der Waals surface area contributed by atoms with Crippen molar-refractivity contribution in [3.8, 4) is 0 Å². The molecule has 0 aromatic heterocycles. The van der Waals surface area contributed by atoms with Gasteiger partial charge in [0.15, 0.2) is 0 Å². The number of aryl methyl sites for hydroxylation is 1. The predicted molar refractivity (Wildman–Crippen MR) is 104 cm³/mol. The molecule has 2 rings (SSSR count). The summed E-state index contributed by atoms with van der Waals surface area (Å²) in [4.78, 5) is 35.4. The molecule has 2 aromatic carbocycles. The van der Waals surface area contributed by atoms with Gasteiger partial charge in [0, 0.05) is 17.3 Å². The van der Waals surface area contributed by atoms with Crippen LogP contribution in [0.1, 0.15) is 29.8 Å². The van der Waals surface area contributed by atoms with Crippen molar-refractivity contribution < 1.29 is 14.5 Å². The Balaban J connectivity index is 2.16. The number of nitrogens with one attached hydrogen (secondary N) is 2. The first-order chi connectivity index (χ1) is 12.7. The molecule has 0 bridgehead atoms. The molecule has 142 valence electrons. The summed E-state index contributed by atoms with van der Waals surface area (Å²) in [6.45, 7) is 5.53. The van der Waals surface area contributed by atoms with Crippen molar-refractivity contribution in [2.45, 2.75) is 26.8 Å². The summed E-state index contributed by atoms with van der Waals surface area (Å²) in [5.74, 6) is -1.15. The van der Waals surface area contributed by atoms with Gasteiger partial charge in [0.2, 0.25) is 5.91 Å². The second-order valence-corrected chi connectivity index (χ2v) is 6.88. The molecule has 27 heavy (non-hydrogen) atoms. The predicted octanol–water partition coefficient (Wildman–Crippen LogP) is 3.95. The highest BCUT2D eigenvalue weighted by Gasteiger charge is 2.26. The van der Waals surface area contributed by atoms with Crippen molar-refractivity contribution in [1.82, 2.24) is 5.32 Å². The summed E-state index contributed by atoms with van der Waals surface area (Å²) in [5.41, 5.74) is 1.37. The third kappa shape index (κ3) is 5.27. The summed E-state index contributed by atoms with van der Waals surface area (Å²) >= 11 is 5.77. The number of carbonyl (C=O) groups is 2. The minimum Gasteiger partial charge on any atom is -0.340 e. The zero-order chi connectivity index (χ0) is 20.1. The SMILES string of the molecule is Cc1ccc(NC(=O)[C@@H](NC(=O)c2ccc(Cl)c([N+](=O)[O-])c2)C(C)C)cc1. The summed E-state index contributed by atoms with van der Waals surface area (Å²) in [6.07, 6.45) is 0. The van der Waals surface area contributed by atoms with Crippen molar-refractivity contribution in [2.24, 2.45) is 5.92 Å². The number of nitro groups is 1. The van der Waals surface area contributed by atoms with Crippen LogP contribution in [0.15, 0.2) is 42.5 Å². The molecule has 0 aliphatic rings. The molecule has 7 nitrogen and oxygen atoms in total. The first-order valence-electron chi connectivity index (χ1n) is 8.31. The molecule has 0 aliphatic heterocycles. The molecule has 8 heteroatoms. The highest BCUT2D eigenvalue weighted by molar-refractivity contribution is 6.32. The van der Waals surface area contributed by atoms with E-state index in [1.807, 2.05) is 19.1 Å². The minimum atomic E-state index is -0.812. The fourth-order valence-electron chi connectivity index (χ4n) is 2.41. The van der Waals surface area contributed by atoms with Gasteiger partial charge < -0.3 is 10.6 Å². The Bertz CT molecular complexity index is 866.